The lowest BCUT2D eigenvalue weighted by molar-refractivity contribution is 0.434. The molecular formula is C13H16N2O. The van der Waals surface area contributed by atoms with Crippen molar-refractivity contribution in [3.8, 4) is 5.88 Å². The molecule has 0 unspecified atom stereocenters. The lowest BCUT2D eigenvalue weighted by Crippen LogP contribution is -1.90. The lowest BCUT2D eigenvalue weighted by Gasteiger charge is -1.96. The number of para-hydroxylation sites is 1. The highest BCUT2D eigenvalue weighted by Gasteiger charge is 2.11. The summed E-state index contributed by atoms with van der Waals surface area (Å²) in [6.07, 6.45) is 1.75. The lowest BCUT2D eigenvalue weighted by atomic mass is 10.2. The minimum Gasteiger partial charge on any atom is -0.494 e. The number of nitrogens with zero attached hydrogens (tertiary/aromatic N) is 2. The van der Waals surface area contributed by atoms with Crippen molar-refractivity contribution in [1.29, 1.82) is 0 Å². The van der Waals surface area contributed by atoms with Gasteiger partial charge in [-0.3, -0.25) is 4.99 Å². The molecule has 0 fully saturated rings. The van der Waals surface area contributed by atoms with Crippen LogP contribution in [0.4, 0.5) is 0 Å². The number of aliphatic imine (C=N–C) groups is 1. The fraction of sp³-hybridized carbons (Fsp3) is 0.308. The van der Waals surface area contributed by atoms with Crippen molar-refractivity contribution >= 4 is 17.1 Å². The van der Waals surface area contributed by atoms with E-state index in [1.54, 1.807) is 10.8 Å². The van der Waals surface area contributed by atoms with Gasteiger partial charge in [0.15, 0.2) is 0 Å². The van der Waals surface area contributed by atoms with Crippen LogP contribution in [0, 0.1) is 0 Å². The Hall–Kier alpha value is -1.77. The molecule has 1 aromatic carbocycles. The van der Waals surface area contributed by atoms with Gasteiger partial charge in [-0.05, 0) is 19.9 Å². The second-order valence-electron chi connectivity index (χ2n) is 4.19. The molecule has 2 aromatic rings. The Balaban J connectivity index is 2.64. The van der Waals surface area contributed by atoms with E-state index in [-0.39, 0.29) is 11.9 Å². The molecular weight excluding hydrogens is 200 g/mol. The van der Waals surface area contributed by atoms with Gasteiger partial charge in [0.2, 0.25) is 5.88 Å². The molecule has 1 aromatic heterocycles. The fourth-order valence-electron chi connectivity index (χ4n) is 1.76. The summed E-state index contributed by atoms with van der Waals surface area (Å²) in [6.45, 7) is 4.03. The van der Waals surface area contributed by atoms with Crippen LogP contribution in [0.3, 0.4) is 0 Å². The van der Waals surface area contributed by atoms with Gasteiger partial charge in [0.05, 0.1) is 11.1 Å². The average molecular weight is 216 g/mol. The third-order valence-corrected chi connectivity index (χ3v) is 2.62. The molecule has 0 amide bonds. The molecule has 3 heteroatoms. The van der Waals surface area contributed by atoms with Gasteiger partial charge >= 0.3 is 0 Å². The summed E-state index contributed by atoms with van der Waals surface area (Å²) in [5, 5.41) is 11.0. The second kappa shape index (κ2) is 4.00. The van der Waals surface area contributed by atoms with Gasteiger partial charge in [0, 0.05) is 24.7 Å². The zero-order valence-electron chi connectivity index (χ0n) is 9.81. The molecule has 0 radical (unpaired) electrons. The maximum Gasteiger partial charge on any atom is 0.200 e. The van der Waals surface area contributed by atoms with Crippen molar-refractivity contribution in [3.05, 3.63) is 29.8 Å². The number of aromatic hydroxyl groups is 1. The number of rotatable bonds is 2. The van der Waals surface area contributed by atoms with E-state index in [4.69, 9.17) is 0 Å². The molecule has 2 rings (SSSR count). The van der Waals surface area contributed by atoms with Crippen molar-refractivity contribution in [2.75, 3.05) is 0 Å². The second-order valence-corrected chi connectivity index (χ2v) is 4.19. The van der Waals surface area contributed by atoms with Crippen molar-refractivity contribution in [2.45, 2.75) is 19.9 Å². The van der Waals surface area contributed by atoms with Crippen LogP contribution in [0.5, 0.6) is 5.88 Å². The molecule has 0 bridgehead atoms. The third-order valence-electron chi connectivity index (χ3n) is 2.62. The third kappa shape index (κ3) is 1.69. The standard InChI is InChI=1S/C13H16N2O/c1-9(2)14-8-11-10-6-4-5-7-12(10)15(3)13(11)16/h4-9,16H,1-3H3. The largest absolute Gasteiger partial charge is 0.494 e. The van der Waals surface area contributed by atoms with Crippen molar-refractivity contribution < 1.29 is 5.11 Å². The SMILES string of the molecule is CC(C)N=Cc1c(O)n(C)c2ccccc12. The van der Waals surface area contributed by atoms with E-state index >= 15 is 0 Å². The average Bonchev–Trinajstić information content (AvgIpc) is 2.50. The normalized spacial score (nSPS) is 12.0. The van der Waals surface area contributed by atoms with E-state index < -0.39 is 0 Å². The Labute approximate surface area is 95.0 Å². The van der Waals surface area contributed by atoms with E-state index in [9.17, 15) is 5.11 Å². The topological polar surface area (TPSA) is 37.5 Å². The summed E-state index contributed by atoms with van der Waals surface area (Å²) in [6, 6.07) is 8.15. The minimum absolute atomic E-state index is 0.235. The number of aromatic nitrogens is 1. The summed E-state index contributed by atoms with van der Waals surface area (Å²) in [5.74, 6) is 0.269. The first-order valence-corrected chi connectivity index (χ1v) is 5.41. The van der Waals surface area contributed by atoms with E-state index in [2.05, 4.69) is 4.99 Å². The summed E-state index contributed by atoms with van der Waals surface area (Å²) in [7, 11) is 1.85. The Morgan fingerprint density at radius 1 is 1.31 bits per heavy atom. The summed E-state index contributed by atoms with van der Waals surface area (Å²) < 4.78 is 1.77. The number of fused-ring (bicyclic) bond motifs is 1. The predicted molar refractivity (Wildman–Crippen MR) is 67.3 cm³/mol. The van der Waals surface area contributed by atoms with Crippen molar-refractivity contribution in [3.63, 3.8) is 0 Å². The van der Waals surface area contributed by atoms with Gasteiger partial charge in [0.25, 0.3) is 0 Å². The Kier molecular flexibility index (Phi) is 2.69. The summed E-state index contributed by atoms with van der Waals surface area (Å²) >= 11 is 0. The molecule has 16 heavy (non-hydrogen) atoms. The van der Waals surface area contributed by atoms with Crippen molar-refractivity contribution in [2.24, 2.45) is 12.0 Å². The molecule has 0 atom stereocenters. The first-order valence-electron chi connectivity index (χ1n) is 5.41. The van der Waals surface area contributed by atoms with Crippen LogP contribution in [0.15, 0.2) is 29.3 Å². The van der Waals surface area contributed by atoms with Gasteiger partial charge in [-0.25, -0.2) is 0 Å². The number of hydrogen-bond donors (Lipinski definition) is 1. The van der Waals surface area contributed by atoms with E-state index in [0.29, 0.717) is 0 Å². The summed E-state index contributed by atoms with van der Waals surface area (Å²) in [5.41, 5.74) is 1.82. The number of hydrogen-bond acceptors (Lipinski definition) is 2. The molecule has 0 saturated heterocycles. The maximum absolute atomic E-state index is 10.0. The fourth-order valence-corrected chi connectivity index (χ4v) is 1.76. The van der Waals surface area contributed by atoms with E-state index in [1.165, 1.54) is 0 Å². The molecule has 0 aliphatic carbocycles. The first-order chi connectivity index (χ1) is 7.61. The number of aryl methyl sites for hydroxylation is 1. The van der Waals surface area contributed by atoms with Gasteiger partial charge in [-0.1, -0.05) is 18.2 Å². The van der Waals surface area contributed by atoms with Crippen LogP contribution in [-0.2, 0) is 7.05 Å². The Bertz CT molecular complexity index is 538. The predicted octanol–water partition coefficient (Wildman–Crippen LogP) is 2.71. The van der Waals surface area contributed by atoms with Crippen molar-refractivity contribution in [1.82, 2.24) is 4.57 Å². The van der Waals surface area contributed by atoms with Crippen LogP contribution in [-0.4, -0.2) is 21.9 Å². The van der Waals surface area contributed by atoms with E-state index in [0.717, 1.165) is 16.5 Å². The van der Waals surface area contributed by atoms with Crippen LogP contribution in [0.2, 0.25) is 0 Å². The zero-order chi connectivity index (χ0) is 11.7. The van der Waals surface area contributed by atoms with Gasteiger partial charge in [-0.15, -0.1) is 0 Å². The summed E-state index contributed by atoms with van der Waals surface area (Å²) in [4.78, 5) is 4.32. The highest BCUT2D eigenvalue weighted by molar-refractivity contribution is 6.02. The van der Waals surface area contributed by atoms with Crippen LogP contribution in [0.25, 0.3) is 10.9 Å². The van der Waals surface area contributed by atoms with Gasteiger partial charge in [0.1, 0.15) is 0 Å². The molecule has 3 nitrogen and oxygen atoms in total. The van der Waals surface area contributed by atoms with Crippen LogP contribution >= 0.6 is 0 Å². The molecule has 0 saturated carbocycles. The first kappa shape index (κ1) is 10.7. The Morgan fingerprint density at radius 2 is 2.00 bits per heavy atom. The molecule has 84 valence electrons. The highest BCUT2D eigenvalue weighted by Crippen LogP contribution is 2.28. The molecule has 0 aliphatic heterocycles. The molecule has 1 heterocycles. The maximum atomic E-state index is 10.0. The quantitative estimate of drug-likeness (QED) is 0.770. The van der Waals surface area contributed by atoms with Crippen LogP contribution < -0.4 is 0 Å². The number of benzene rings is 1. The molecule has 0 aliphatic rings. The van der Waals surface area contributed by atoms with E-state index in [1.807, 2.05) is 45.2 Å². The molecule has 0 spiro atoms. The highest BCUT2D eigenvalue weighted by atomic mass is 16.3. The minimum atomic E-state index is 0.235. The molecule has 1 N–H and O–H groups in total. The van der Waals surface area contributed by atoms with Gasteiger partial charge < -0.3 is 9.67 Å². The smallest absolute Gasteiger partial charge is 0.200 e. The zero-order valence-corrected chi connectivity index (χ0v) is 9.81. The monoisotopic (exact) mass is 216 g/mol. The van der Waals surface area contributed by atoms with Crippen LogP contribution in [0.1, 0.15) is 19.4 Å². The Morgan fingerprint density at radius 3 is 2.69 bits per heavy atom. The van der Waals surface area contributed by atoms with Gasteiger partial charge in [-0.2, -0.15) is 0 Å².